The Morgan fingerprint density at radius 3 is 2.50 bits per heavy atom. The van der Waals surface area contributed by atoms with Crippen molar-refractivity contribution in [3.8, 4) is 5.75 Å². The molecule has 0 atom stereocenters. The Bertz CT molecular complexity index is 729. The summed E-state index contributed by atoms with van der Waals surface area (Å²) in [4.78, 5) is 22.0. The summed E-state index contributed by atoms with van der Waals surface area (Å²) < 4.78 is 5.32. The number of nitro benzene ring substituents is 1. The van der Waals surface area contributed by atoms with Crippen molar-refractivity contribution in [3.05, 3.63) is 63.7 Å². The number of amides is 1. The number of nitrogens with one attached hydrogen (secondary N) is 2. The molecule has 7 heteroatoms. The second kappa shape index (κ2) is 7.96. The van der Waals surface area contributed by atoms with Gasteiger partial charge in [0.15, 0.2) is 5.75 Å². The van der Waals surface area contributed by atoms with Crippen LogP contribution in [-0.4, -0.2) is 24.5 Å². The van der Waals surface area contributed by atoms with Crippen LogP contribution in [0.5, 0.6) is 5.75 Å². The molecular formula is C17H19N3O4. The average molecular weight is 329 g/mol. The molecule has 1 amide bonds. The van der Waals surface area contributed by atoms with Crippen molar-refractivity contribution in [2.24, 2.45) is 0 Å². The molecule has 2 aromatic carbocycles. The van der Waals surface area contributed by atoms with Gasteiger partial charge in [0.2, 0.25) is 0 Å². The number of nitro groups is 1. The Labute approximate surface area is 139 Å². The number of carbonyl (C=O) groups is 1. The summed E-state index contributed by atoms with van der Waals surface area (Å²) in [6.45, 7) is 2.65. The van der Waals surface area contributed by atoms with Crippen LogP contribution in [-0.2, 0) is 6.54 Å². The number of nitrogens with zero attached hydrogens (tertiary/aromatic N) is 1. The molecule has 0 bridgehead atoms. The number of hydrogen-bond donors (Lipinski definition) is 2. The highest BCUT2D eigenvalue weighted by atomic mass is 16.6. The normalized spacial score (nSPS) is 10.1. The van der Waals surface area contributed by atoms with E-state index >= 15 is 0 Å². The van der Waals surface area contributed by atoms with Crippen molar-refractivity contribution >= 4 is 17.3 Å². The summed E-state index contributed by atoms with van der Waals surface area (Å²) in [6.07, 6.45) is 0. The third-order valence-electron chi connectivity index (χ3n) is 3.40. The van der Waals surface area contributed by atoms with Crippen LogP contribution in [0.3, 0.4) is 0 Å². The quantitative estimate of drug-likeness (QED) is 0.602. The second-order valence-corrected chi connectivity index (χ2v) is 5.00. The molecule has 0 aliphatic carbocycles. The summed E-state index contributed by atoms with van der Waals surface area (Å²) in [7, 11) is 1.59. The summed E-state index contributed by atoms with van der Waals surface area (Å²) in [5.41, 5.74) is 2.24. The molecule has 24 heavy (non-hydrogen) atoms. The van der Waals surface area contributed by atoms with Gasteiger partial charge in [-0.15, -0.1) is 0 Å². The fourth-order valence-electron chi connectivity index (χ4n) is 2.17. The van der Waals surface area contributed by atoms with E-state index in [1.165, 1.54) is 6.07 Å². The summed E-state index contributed by atoms with van der Waals surface area (Å²) in [5.74, 6) is 0.105. The first-order chi connectivity index (χ1) is 11.5. The van der Waals surface area contributed by atoms with Crippen LogP contribution < -0.4 is 15.4 Å². The second-order valence-electron chi connectivity index (χ2n) is 5.00. The number of carbonyl (C=O) groups excluding carboxylic acids is 1. The first-order valence-electron chi connectivity index (χ1n) is 7.51. The molecule has 0 spiro atoms. The molecular weight excluding hydrogens is 310 g/mol. The molecule has 2 rings (SSSR count). The fourth-order valence-corrected chi connectivity index (χ4v) is 2.17. The van der Waals surface area contributed by atoms with Crippen LogP contribution >= 0.6 is 0 Å². The highest BCUT2D eigenvalue weighted by Crippen LogP contribution is 2.30. The van der Waals surface area contributed by atoms with Crippen LogP contribution in [0.1, 0.15) is 22.8 Å². The van der Waals surface area contributed by atoms with E-state index in [1.807, 2.05) is 12.1 Å². The zero-order chi connectivity index (χ0) is 17.5. The lowest BCUT2D eigenvalue weighted by Crippen LogP contribution is -2.17. The van der Waals surface area contributed by atoms with Crippen molar-refractivity contribution in [2.75, 3.05) is 19.0 Å². The SMILES string of the molecule is CCOc1cc(NCc2ccc(C(=O)NC)cc2)ccc1[N+](=O)[O-]. The molecule has 0 unspecified atom stereocenters. The molecule has 126 valence electrons. The average Bonchev–Trinajstić information content (AvgIpc) is 2.60. The predicted molar refractivity (Wildman–Crippen MR) is 91.4 cm³/mol. The van der Waals surface area contributed by atoms with Gasteiger partial charge in [0, 0.05) is 37.0 Å². The van der Waals surface area contributed by atoms with E-state index in [2.05, 4.69) is 10.6 Å². The first kappa shape index (κ1) is 17.3. The van der Waals surface area contributed by atoms with Crippen LogP contribution in [0, 0.1) is 10.1 Å². The third kappa shape index (κ3) is 4.22. The number of anilines is 1. The summed E-state index contributed by atoms with van der Waals surface area (Å²) in [6, 6.07) is 11.9. The molecule has 2 aromatic rings. The van der Waals surface area contributed by atoms with Gasteiger partial charge in [0.05, 0.1) is 11.5 Å². The lowest BCUT2D eigenvalue weighted by molar-refractivity contribution is -0.385. The van der Waals surface area contributed by atoms with Gasteiger partial charge in [-0.1, -0.05) is 12.1 Å². The highest BCUT2D eigenvalue weighted by Gasteiger charge is 2.15. The Morgan fingerprint density at radius 1 is 1.21 bits per heavy atom. The Balaban J connectivity index is 2.07. The van der Waals surface area contributed by atoms with Crippen molar-refractivity contribution < 1.29 is 14.5 Å². The minimum atomic E-state index is -0.466. The Kier molecular flexibility index (Phi) is 5.73. The molecule has 7 nitrogen and oxygen atoms in total. The highest BCUT2D eigenvalue weighted by molar-refractivity contribution is 5.93. The van der Waals surface area contributed by atoms with Gasteiger partial charge in [-0.25, -0.2) is 0 Å². The van der Waals surface area contributed by atoms with Crippen molar-refractivity contribution in [2.45, 2.75) is 13.5 Å². The monoisotopic (exact) mass is 329 g/mol. The zero-order valence-corrected chi connectivity index (χ0v) is 13.5. The summed E-state index contributed by atoms with van der Waals surface area (Å²) >= 11 is 0. The Hall–Kier alpha value is -3.09. The maximum atomic E-state index is 11.5. The van der Waals surface area contributed by atoms with E-state index in [0.29, 0.717) is 18.7 Å². The Morgan fingerprint density at radius 2 is 1.92 bits per heavy atom. The van der Waals surface area contributed by atoms with Crippen LogP contribution in [0.25, 0.3) is 0 Å². The predicted octanol–water partition coefficient (Wildman–Crippen LogP) is 2.97. The third-order valence-corrected chi connectivity index (χ3v) is 3.40. The van der Waals surface area contributed by atoms with Crippen LogP contribution in [0.15, 0.2) is 42.5 Å². The van der Waals surface area contributed by atoms with E-state index < -0.39 is 4.92 Å². The lowest BCUT2D eigenvalue weighted by Gasteiger charge is -2.10. The van der Waals surface area contributed by atoms with Gasteiger partial charge >= 0.3 is 5.69 Å². The molecule has 0 fully saturated rings. The molecule has 0 saturated carbocycles. The molecule has 0 aliphatic heterocycles. The molecule has 0 radical (unpaired) electrons. The number of rotatable bonds is 7. The van der Waals surface area contributed by atoms with Gasteiger partial charge in [0.1, 0.15) is 0 Å². The molecule has 0 aromatic heterocycles. The molecule has 0 heterocycles. The maximum absolute atomic E-state index is 11.5. The van der Waals surface area contributed by atoms with Crippen molar-refractivity contribution in [1.82, 2.24) is 5.32 Å². The number of hydrogen-bond acceptors (Lipinski definition) is 5. The minimum absolute atomic E-state index is 0.0580. The maximum Gasteiger partial charge on any atom is 0.311 e. The van der Waals surface area contributed by atoms with Gasteiger partial charge in [0.25, 0.3) is 5.91 Å². The largest absolute Gasteiger partial charge is 0.487 e. The number of ether oxygens (including phenoxy) is 1. The topological polar surface area (TPSA) is 93.5 Å². The van der Waals surface area contributed by atoms with Crippen LogP contribution in [0.2, 0.25) is 0 Å². The van der Waals surface area contributed by atoms with E-state index in [9.17, 15) is 14.9 Å². The molecule has 0 aliphatic rings. The molecule has 0 saturated heterocycles. The van der Waals surface area contributed by atoms with Gasteiger partial charge in [-0.3, -0.25) is 14.9 Å². The summed E-state index contributed by atoms with van der Waals surface area (Å²) in [5, 5.41) is 16.7. The van der Waals surface area contributed by atoms with E-state index in [-0.39, 0.29) is 17.3 Å². The van der Waals surface area contributed by atoms with Gasteiger partial charge < -0.3 is 15.4 Å². The van der Waals surface area contributed by atoms with E-state index in [0.717, 1.165) is 11.3 Å². The number of benzene rings is 2. The lowest BCUT2D eigenvalue weighted by atomic mass is 10.1. The zero-order valence-electron chi connectivity index (χ0n) is 13.5. The van der Waals surface area contributed by atoms with E-state index in [4.69, 9.17) is 4.74 Å². The standard InChI is InChI=1S/C17H19N3O4/c1-3-24-16-10-14(8-9-15(16)20(22)23)19-11-12-4-6-13(7-5-12)17(21)18-2/h4-10,19H,3,11H2,1-2H3,(H,18,21). The fraction of sp³-hybridized carbons (Fsp3) is 0.235. The molecule has 2 N–H and O–H groups in total. The van der Waals surface area contributed by atoms with Crippen molar-refractivity contribution in [1.29, 1.82) is 0 Å². The van der Waals surface area contributed by atoms with E-state index in [1.54, 1.807) is 38.2 Å². The van der Waals surface area contributed by atoms with Crippen molar-refractivity contribution in [3.63, 3.8) is 0 Å². The first-order valence-corrected chi connectivity index (χ1v) is 7.51. The minimum Gasteiger partial charge on any atom is -0.487 e. The van der Waals surface area contributed by atoms with Crippen LogP contribution in [0.4, 0.5) is 11.4 Å². The smallest absolute Gasteiger partial charge is 0.311 e. The van der Waals surface area contributed by atoms with Gasteiger partial charge in [-0.05, 0) is 30.7 Å². The van der Waals surface area contributed by atoms with Gasteiger partial charge in [-0.2, -0.15) is 0 Å².